The fourth-order valence-electron chi connectivity index (χ4n) is 2.82. The Kier molecular flexibility index (Phi) is 4.23. The van der Waals surface area contributed by atoms with E-state index < -0.39 is 0 Å². The molecule has 5 heteroatoms. The predicted molar refractivity (Wildman–Crippen MR) is 77.5 cm³/mol. The number of aryl methyl sites for hydroxylation is 1. The van der Waals surface area contributed by atoms with Crippen molar-refractivity contribution in [1.82, 2.24) is 15.1 Å². The standard InChI is InChI=1S/C14H24ClN3O/c1-9(2)16-14(8-19,12-5-6-12)7-18-11(4)13(15)10(3)17-18/h9,12,16,19H,5-8H2,1-4H3. The molecule has 1 atom stereocenters. The lowest BCUT2D eigenvalue weighted by molar-refractivity contribution is 0.109. The molecule has 1 saturated carbocycles. The van der Waals surface area contributed by atoms with Gasteiger partial charge in [0.25, 0.3) is 0 Å². The number of aliphatic hydroxyl groups is 1. The van der Waals surface area contributed by atoms with Crippen LogP contribution in [0.1, 0.15) is 38.1 Å². The van der Waals surface area contributed by atoms with E-state index in [4.69, 9.17) is 11.6 Å². The molecule has 1 aromatic rings. The van der Waals surface area contributed by atoms with Crippen LogP contribution in [0, 0.1) is 19.8 Å². The topological polar surface area (TPSA) is 50.1 Å². The molecule has 1 aromatic heterocycles. The van der Waals surface area contributed by atoms with Crippen LogP contribution in [0.25, 0.3) is 0 Å². The number of aromatic nitrogens is 2. The number of rotatable bonds is 6. The Morgan fingerprint density at radius 1 is 1.47 bits per heavy atom. The molecule has 2 rings (SSSR count). The Morgan fingerprint density at radius 2 is 2.11 bits per heavy atom. The molecule has 0 spiro atoms. The highest BCUT2D eigenvalue weighted by Crippen LogP contribution is 2.41. The molecule has 2 N–H and O–H groups in total. The van der Waals surface area contributed by atoms with Crippen LogP contribution in [0.5, 0.6) is 0 Å². The Balaban J connectivity index is 2.26. The van der Waals surface area contributed by atoms with Gasteiger partial charge in [-0.25, -0.2) is 0 Å². The van der Waals surface area contributed by atoms with Crippen molar-refractivity contribution in [2.45, 2.75) is 58.7 Å². The number of halogens is 1. The minimum absolute atomic E-state index is 0.131. The van der Waals surface area contributed by atoms with Gasteiger partial charge < -0.3 is 10.4 Å². The third-order valence-corrected chi connectivity index (χ3v) is 4.49. The number of hydrogen-bond donors (Lipinski definition) is 2. The molecule has 0 saturated heterocycles. The third-order valence-electron chi connectivity index (χ3n) is 3.94. The fraction of sp³-hybridized carbons (Fsp3) is 0.786. The first-order valence-corrected chi connectivity index (χ1v) is 7.35. The second-order valence-electron chi connectivity index (χ2n) is 6.03. The van der Waals surface area contributed by atoms with Gasteiger partial charge in [-0.15, -0.1) is 0 Å². The SMILES string of the molecule is Cc1nn(CC(CO)(NC(C)C)C2CC2)c(C)c1Cl. The van der Waals surface area contributed by atoms with Gasteiger partial charge in [-0.05, 0) is 32.6 Å². The Bertz CT molecular complexity index is 454. The van der Waals surface area contributed by atoms with Crippen molar-refractivity contribution in [2.75, 3.05) is 6.61 Å². The van der Waals surface area contributed by atoms with Crippen molar-refractivity contribution in [3.05, 3.63) is 16.4 Å². The molecular formula is C14H24ClN3O. The summed E-state index contributed by atoms with van der Waals surface area (Å²) in [4.78, 5) is 0. The van der Waals surface area contributed by atoms with Crippen LogP contribution < -0.4 is 5.32 Å². The summed E-state index contributed by atoms with van der Waals surface area (Å²) in [5.74, 6) is 0.530. The second-order valence-corrected chi connectivity index (χ2v) is 6.41. The van der Waals surface area contributed by atoms with E-state index in [0.29, 0.717) is 18.5 Å². The maximum Gasteiger partial charge on any atom is 0.0844 e. The van der Waals surface area contributed by atoms with E-state index in [9.17, 15) is 5.11 Å². The average Bonchev–Trinajstić information content (AvgIpc) is 3.15. The summed E-state index contributed by atoms with van der Waals surface area (Å²) in [7, 11) is 0. The smallest absolute Gasteiger partial charge is 0.0844 e. The number of nitrogens with one attached hydrogen (secondary N) is 1. The van der Waals surface area contributed by atoms with E-state index in [1.165, 1.54) is 12.8 Å². The van der Waals surface area contributed by atoms with Crippen molar-refractivity contribution < 1.29 is 5.11 Å². The number of nitrogens with zero attached hydrogens (tertiary/aromatic N) is 2. The molecule has 1 aliphatic carbocycles. The summed E-state index contributed by atoms with van der Waals surface area (Å²) in [6, 6.07) is 0.334. The van der Waals surface area contributed by atoms with Crippen LogP contribution in [0.4, 0.5) is 0 Å². The molecule has 1 unspecified atom stereocenters. The lowest BCUT2D eigenvalue weighted by Gasteiger charge is -2.35. The van der Waals surface area contributed by atoms with Crippen LogP contribution in [0.2, 0.25) is 5.02 Å². The zero-order chi connectivity index (χ0) is 14.2. The van der Waals surface area contributed by atoms with Crippen LogP contribution in [0.15, 0.2) is 0 Å². The first-order chi connectivity index (χ1) is 8.89. The van der Waals surface area contributed by atoms with Crippen LogP contribution in [-0.2, 0) is 6.54 Å². The summed E-state index contributed by atoms with van der Waals surface area (Å²) in [6.45, 7) is 8.92. The summed E-state index contributed by atoms with van der Waals surface area (Å²) >= 11 is 6.21. The first kappa shape index (κ1) is 14.8. The zero-order valence-corrected chi connectivity index (χ0v) is 13.0. The molecular weight excluding hydrogens is 262 g/mol. The molecule has 1 heterocycles. The summed E-state index contributed by atoms with van der Waals surface area (Å²) in [5, 5.41) is 18.7. The van der Waals surface area contributed by atoms with Crippen molar-refractivity contribution in [3.8, 4) is 0 Å². The number of aliphatic hydroxyl groups excluding tert-OH is 1. The Morgan fingerprint density at radius 3 is 2.47 bits per heavy atom. The van der Waals surface area contributed by atoms with Gasteiger partial charge in [0.15, 0.2) is 0 Å². The molecule has 4 nitrogen and oxygen atoms in total. The summed E-state index contributed by atoms with van der Waals surface area (Å²) < 4.78 is 1.93. The van der Waals surface area contributed by atoms with Crippen molar-refractivity contribution in [3.63, 3.8) is 0 Å². The Labute approximate surface area is 120 Å². The highest BCUT2D eigenvalue weighted by molar-refractivity contribution is 6.31. The highest BCUT2D eigenvalue weighted by Gasteiger charge is 2.45. The van der Waals surface area contributed by atoms with Crippen LogP contribution in [0.3, 0.4) is 0 Å². The van der Waals surface area contributed by atoms with Crippen molar-refractivity contribution in [2.24, 2.45) is 5.92 Å². The molecule has 0 amide bonds. The van der Waals surface area contributed by atoms with E-state index in [-0.39, 0.29) is 12.1 Å². The minimum Gasteiger partial charge on any atom is -0.394 e. The molecule has 108 valence electrons. The average molecular weight is 286 g/mol. The fourth-order valence-corrected chi connectivity index (χ4v) is 2.96. The summed E-state index contributed by atoms with van der Waals surface area (Å²) in [6.07, 6.45) is 2.35. The first-order valence-electron chi connectivity index (χ1n) is 6.97. The van der Waals surface area contributed by atoms with Gasteiger partial charge in [-0.1, -0.05) is 25.4 Å². The maximum absolute atomic E-state index is 9.93. The molecule has 1 fully saturated rings. The van der Waals surface area contributed by atoms with E-state index in [2.05, 4.69) is 24.3 Å². The second kappa shape index (κ2) is 5.43. The maximum atomic E-state index is 9.93. The lowest BCUT2D eigenvalue weighted by atomic mass is 9.93. The molecule has 1 aliphatic rings. The molecule has 0 aromatic carbocycles. The van der Waals surface area contributed by atoms with E-state index in [1.54, 1.807) is 0 Å². The number of hydrogen-bond acceptors (Lipinski definition) is 3. The highest BCUT2D eigenvalue weighted by atomic mass is 35.5. The van der Waals surface area contributed by atoms with Gasteiger partial charge in [0.2, 0.25) is 0 Å². The van der Waals surface area contributed by atoms with Crippen molar-refractivity contribution in [1.29, 1.82) is 0 Å². The van der Waals surface area contributed by atoms with E-state index in [0.717, 1.165) is 16.4 Å². The van der Waals surface area contributed by atoms with Gasteiger partial charge in [-0.2, -0.15) is 5.10 Å². The van der Waals surface area contributed by atoms with Gasteiger partial charge >= 0.3 is 0 Å². The van der Waals surface area contributed by atoms with Gasteiger partial charge in [0, 0.05) is 6.04 Å². The van der Waals surface area contributed by atoms with Gasteiger partial charge in [0.05, 0.1) is 35.1 Å². The van der Waals surface area contributed by atoms with Crippen LogP contribution >= 0.6 is 11.6 Å². The van der Waals surface area contributed by atoms with Crippen molar-refractivity contribution >= 4 is 11.6 Å². The lowest BCUT2D eigenvalue weighted by Crippen LogP contribution is -2.56. The van der Waals surface area contributed by atoms with E-state index in [1.807, 2.05) is 18.5 Å². The summed E-state index contributed by atoms with van der Waals surface area (Å²) in [5.41, 5.74) is 1.55. The van der Waals surface area contributed by atoms with E-state index >= 15 is 0 Å². The predicted octanol–water partition coefficient (Wildman–Crippen LogP) is 2.29. The van der Waals surface area contributed by atoms with Gasteiger partial charge in [-0.3, -0.25) is 4.68 Å². The molecule has 19 heavy (non-hydrogen) atoms. The molecule has 0 radical (unpaired) electrons. The Hall–Kier alpha value is -0.580. The largest absolute Gasteiger partial charge is 0.394 e. The van der Waals surface area contributed by atoms with Gasteiger partial charge in [0.1, 0.15) is 0 Å². The normalized spacial score (nSPS) is 18.9. The quantitative estimate of drug-likeness (QED) is 0.843. The zero-order valence-electron chi connectivity index (χ0n) is 12.2. The third kappa shape index (κ3) is 2.96. The monoisotopic (exact) mass is 285 g/mol. The van der Waals surface area contributed by atoms with Crippen LogP contribution in [-0.4, -0.2) is 33.1 Å². The molecule has 0 bridgehead atoms. The minimum atomic E-state index is -0.277. The molecule has 0 aliphatic heterocycles.